The summed E-state index contributed by atoms with van der Waals surface area (Å²) in [6.07, 6.45) is 2.00. The molecule has 3 aromatic rings. The molecule has 0 fully saturated rings. The molecule has 0 unspecified atom stereocenters. The van der Waals surface area contributed by atoms with Gasteiger partial charge in [0.15, 0.2) is 10.5 Å². The van der Waals surface area contributed by atoms with E-state index in [0.29, 0.717) is 23.6 Å². The van der Waals surface area contributed by atoms with Crippen molar-refractivity contribution in [2.45, 2.75) is 26.9 Å². The topological polar surface area (TPSA) is 95.3 Å². The quantitative estimate of drug-likeness (QED) is 0.463. The Morgan fingerprint density at radius 1 is 1.41 bits per heavy atom. The number of nitro groups is 1. The molecule has 2 aromatic heterocycles. The summed E-state index contributed by atoms with van der Waals surface area (Å²) in [5.74, 6) is 0.428. The number of thioether (sulfide) groups is 1. The zero-order chi connectivity index (χ0) is 19.6. The van der Waals surface area contributed by atoms with Gasteiger partial charge in [-0.1, -0.05) is 11.3 Å². The summed E-state index contributed by atoms with van der Waals surface area (Å²) in [4.78, 5) is 28.0. The predicted molar refractivity (Wildman–Crippen MR) is 107 cm³/mol. The minimum absolute atomic E-state index is 0.0240. The summed E-state index contributed by atoms with van der Waals surface area (Å²) < 4.78 is 4.41. The number of fused-ring (bicyclic) bond motifs is 1. The molecule has 0 saturated heterocycles. The van der Waals surface area contributed by atoms with E-state index in [4.69, 9.17) is 0 Å². The van der Waals surface area contributed by atoms with Crippen LogP contribution in [-0.4, -0.2) is 37.2 Å². The molecule has 0 spiro atoms. The minimum Gasteiger partial charge on any atom is -0.315 e. The van der Waals surface area contributed by atoms with E-state index in [1.165, 1.54) is 23.5 Å². The minimum atomic E-state index is -0.423. The Morgan fingerprint density at radius 3 is 2.81 bits per heavy atom. The first-order valence-electron chi connectivity index (χ1n) is 8.34. The van der Waals surface area contributed by atoms with Crippen molar-refractivity contribution in [3.05, 3.63) is 50.6 Å². The van der Waals surface area contributed by atoms with Crippen molar-refractivity contribution in [2.24, 2.45) is 4.99 Å². The molecular weight excluding hydrogens is 386 g/mol. The van der Waals surface area contributed by atoms with Gasteiger partial charge >= 0.3 is 0 Å². The smallest absolute Gasteiger partial charge is 0.300 e. The molecule has 1 aromatic carbocycles. The monoisotopic (exact) mass is 405 g/mol. The molecule has 10 heteroatoms. The maximum atomic E-state index is 12.6. The molecule has 0 aliphatic carbocycles. The zero-order valence-electron chi connectivity index (χ0n) is 15.2. The molecular formula is C17H19N5O3S2. The van der Waals surface area contributed by atoms with E-state index in [-0.39, 0.29) is 5.69 Å². The molecule has 1 amide bonds. The van der Waals surface area contributed by atoms with Gasteiger partial charge in [0.25, 0.3) is 11.6 Å². The standard InChI is InChI=1S/C17H19N5O3S2/c1-4-21-11(2)9-13(19-21)16(23)18-17-20(7-8-26-3)14-6-5-12(22(24)25)10-15(14)27-17/h5-6,9-10H,4,7-8H2,1-3H3. The SMILES string of the molecule is CCn1nc(C(=O)N=c2sc3cc([N+](=O)[O-])ccc3n2CCSC)cc1C. The van der Waals surface area contributed by atoms with Crippen molar-refractivity contribution in [1.82, 2.24) is 14.3 Å². The second kappa shape index (κ2) is 8.05. The van der Waals surface area contributed by atoms with Crippen molar-refractivity contribution in [3.63, 3.8) is 0 Å². The maximum absolute atomic E-state index is 12.6. The van der Waals surface area contributed by atoms with Crippen molar-refractivity contribution >= 4 is 44.9 Å². The molecule has 2 heterocycles. The summed E-state index contributed by atoms with van der Waals surface area (Å²) in [5, 5.41) is 15.3. The number of non-ortho nitro benzene ring substituents is 1. The number of amides is 1. The highest BCUT2D eigenvalue weighted by molar-refractivity contribution is 7.98. The van der Waals surface area contributed by atoms with Gasteiger partial charge < -0.3 is 4.57 Å². The highest BCUT2D eigenvalue weighted by Gasteiger charge is 2.15. The van der Waals surface area contributed by atoms with Crippen LogP contribution >= 0.6 is 23.1 Å². The number of rotatable bonds is 6. The predicted octanol–water partition coefficient (Wildman–Crippen LogP) is 3.24. The summed E-state index contributed by atoms with van der Waals surface area (Å²) >= 11 is 2.95. The Balaban J connectivity index is 2.11. The van der Waals surface area contributed by atoms with Crippen molar-refractivity contribution < 1.29 is 9.72 Å². The molecule has 0 radical (unpaired) electrons. The van der Waals surface area contributed by atoms with Crippen LogP contribution < -0.4 is 4.80 Å². The van der Waals surface area contributed by atoms with E-state index < -0.39 is 10.8 Å². The van der Waals surface area contributed by atoms with Gasteiger partial charge in [0.2, 0.25) is 0 Å². The van der Waals surface area contributed by atoms with Gasteiger partial charge in [0.1, 0.15) is 0 Å². The number of hydrogen-bond acceptors (Lipinski definition) is 6. The second-order valence-corrected chi connectivity index (χ2v) is 7.84. The van der Waals surface area contributed by atoms with Gasteiger partial charge in [-0.25, -0.2) is 0 Å². The molecule has 27 heavy (non-hydrogen) atoms. The van der Waals surface area contributed by atoms with Gasteiger partial charge in [-0.15, -0.1) is 0 Å². The summed E-state index contributed by atoms with van der Waals surface area (Å²) in [7, 11) is 0. The molecule has 0 N–H and O–H groups in total. The van der Waals surface area contributed by atoms with Crippen LogP contribution in [0.25, 0.3) is 10.2 Å². The Morgan fingerprint density at radius 2 is 2.19 bits per heavy atom. The Labute approximate surface area is 163 Å². The van der Waals surface area contributed by atoms with Crippen LogP contribution in [0.3, 0.4) is 0 Å². The molecule has 0 bridgehead atoms. The third kappa shape index (κ3) is 3.96. The second-order valence-electron chi connectivity index (χ2n) is 5.84. The lowest BCUT2D eigenvalue weighted by Crippen LogP contribution is -2.18. The molecule has 142 valence electrons. The fraction of sp³-hybridized carbons (Fsp3) is 0.353. The molecule has 0 aliphatic rings. The van der Waals surface area contributed by atoms with Gasteiger partial charge in [-0.2, -0.15) is 21.9 Å². The van der Waals surface area contributed by atoms with Crippen LogP contribution in [0, 0.1) is 17.0 Å². The van der Waals surface area contributed by atoms with Crippen molar-refractivity contribution in [3.8, 4) is 0 Å². The highest BCUT2D eigenvalue weighted by atomic mass is 32.2. The fourth-order valence-corrected chi connectivity index (χ4v) is 4.19. The zero-order valence-corrected chi connectivity index (χ0v) is 16.8. The first-order valence-corrected chi connectivity index (χ1v) is 10.6. The van der Waals surface area contributed by atoms with Crippen LogP contribution in [-0.2, 0) is 13.1 Å². The first kappa shape index (κ1) is 19.3. The number of thiazole rings is 1. The van der Waals surface area contributed by atoms with Crippen LogP contribution in [0.1, 0.15) is 23.1 Å². The summed E-state index contributed by atoms with van der Waals surface area (Å²) in [6.45, 7) is 5.19. The molecule has 0 saturated carbocycles. The van der Waals surface area contributed by atoms with E-state index >= 15 is 0 Å². The van der Waals surface area contributed by atoms with Gasteiger partial charge in [-0.3, -0.25) is 19.6 Å². The summed E-state index contributed by atoms with van der Waals surface area (Å²) in [6, 6.07) is 6.43. The average molecular weight is 406 g/mol. The van der Waals surface area contributed by atoms with Crippen molar-refractivity contribution in [2.75, 3.05) is 12.0 Å². The molecule has 3 rings (SSSR count). The molecule has 8 nitrogen and oxygen atoms in total. The van der Waals surface area contributed by atoms with E-state index in [0.717, 1.165) is 21.7 Å². The van der Waals surface area contributed by atoms with Crippen LogP contribution in [0.5, 0.6) is 0 Å². The first-order chi connectivity index (χ1) is 12.9. The van der Waals surface area contributed by atoms with Crippen LogP contribution in [0.15, 0.2) is 29.3 Å². The van der Waals surface area contributed by atoms with Gasteiger partial charge in [0.05, 0.1) is 15.1 Å². The maximum Gasteiger partial charge on any atom is 0.300 e. The normalized spacial score (nSPS) is 12.0. The third-order valence-corrected chi connectivity index (χ3v) is 5.73. The van der Waals surface area contributed by atoms with Crippen molar-refractivity contribution in [1.29, 1.82) is 0 Å². The van der Waals surface area contributed by atoms with E-state index in [1.54, 1.807) is 28.6 Å². The Bertz CT molecular complexity index is 1080. The number of carbonyl (C=O) groups excluding carboxylic acids is 1. The number of benzene rings is 1. The van der Waals surface area contributed by atoms with Crippen LogP contribution in [0.2, 0.25) is 0 Å². The third-order valence-electron chi connectivity index (χ3n) is 4.09. The number of nitro benzene ring substituents is 1. The van der Waals surface area contributed by atoms with E-state index in [9.17, 15) is 14.9 Å². The summed E-state index contributed by atoms with van der Waals surface area (Å²) in [5.41, 5.74) is 2.06. The van der Waals surface area contributed by atoms with E-state index in [1.807, 2.05) is 24.7 Å². The molecule has 0 atom stereocenters. The number of nitrogens with zero attached hydrogens (tertiary/aromatic N) is 5. The number of aromatic nitrogens is 3. The number of carbonyl (C=O) groups is 1. The van der Waals surface area contributed by atoms with Crippen LogP contribution in [0.4, 0.5) is 5.69 Å². The largest absolute Gasteiger partial charge is 0.315 e. The molecule has 0 aliphatic heterocycles. The fourth-order valence-electron chi connectivity index (χ4n) is 2.74. The average Bonchev–Trinajstić information content (AvgIpc) is 3.19. The van der Waals surface area contributed by atoms with E-state index in [2.05, 4.69) is 10.1 Å². The lowest BCUT2D eigenvalue weighted by molar-refractivity contribution is -0.384. The lowest BCUT2D eigenvalue weighted by Gasteiger charge is -2.03. The van der Waals surface area contributed by atoms with Gasteiger partial charge in [0, 0.05) is 36.7 Å². The number of hydrogen-bond donors (Lipinski definition) is 0. The Hall–Kier alpha value is -2.46. The van der Waals surface area contributed by atoms with Gasteiger partial charge in [-0.05, 0) is 32.2 Å². The lowest BCUT2D eigenvalue weighted by atomic mass is 10.3. The Kier molecular flexibility index (Phi) is 5.76. The number of aryl methyl sites for hydroxylation is 3. The highest BCUT2D eigenvalue weighted by Crippen LogP contribution is 2.23.